The van der Waals surface area contributed by atoms with Crippen molar-refractivity contribution in [1.82, 2.24) is 9.97 Å². The van der Waals surface area contributed by atoms with Gasteiger partial charge in [0.2, 0.25) is 0 Å². The number of benzene rings is 1. The molecule has 1 aromatic heterocycles. The second kappa shape index (κ2) is 5.75. The zero-order chi connectivity index (χ0) is 14.0. The molecule has 2 rings (SSSR count). The van der Waals surface area contributed by atoms with Gasteiger partial charge in [-0.3, -0.25) is 0 Å². The number of aryl methyl sites for hydroxylation is 1. The van der Waals surface area contributed by atoms with Crippen molar-refractivity contribution in [1.29, 1.82) is 0 Å². The van der Waals surface area contributed by atoms with E-state index in [4.69, 9.17) is 16.3 Å². The number of hydrogen-bond acceptors (Lipinski definition) is 4. The van der Waals surface area contributed by atoms with Crippen molar-refractivity contribution in [2.45, 2.75) is 6.92 Å². The third-order valence-corrected chi connectivity index (χ3v) is 3.91. The average Bonchev–Trinajstić information content (AvgIpc) is 2.41. The van der Waals surface area contributed by atoms with Gasteiger partial charge in [0.05, 0.1) is 22.3 Å². The number of ether oxygens (including phenoxy) is 1. The number of nitrogens with zero attached hydrogens (tertiary/aromatic N) is 2. The van der Waals surface area contributed by atoms with Crippen LogP contribution in [0.4, 0.5) is 5.82 Å². The zero-order valence-electron chi connectivity index (χ0n) is 10.8. The number of methoxy groups -OCH3 is 1. The van der Waals surface area contributed by atoms with Crippen LogP contribution in [0.15, 0.2) is 22.7 Å². The van der Waals surface area contributed by atoms with Gasteiger partial charge < -0.3 is 10.1 Å². The average molecular weight is 343 g/mol. The lowest BCUT2D eigenvalue weighted by atomic mass is 10.2. The number of halogens is 2. The Bertz CT molecular complexity index is 619. The Kier molecular flexibility index (Phi) is 4.27. The first-order chi connectivity index (χ1) is 9.06. The van der Waals surface area contributed by atoms with E-state index in [2.05, 4.69) is 31.2 Å². The lowest BCUT2D eigenvalue weighted by Gasteiger charge is -2.10. The van der Waals surface area contributed by atoms with Crippen LogP contribution in [0, 0.1) is 6.92 Å². The summed E-state index contributed by atoms with van der Waals surface area (Å²) in [6.45, 7) is 1.92. The van der Waals surface area contributed by atoms with E-state index in [1.54, 1.807) is 19.2 Å². The molecule has 19 heavy (non-hydrogen) atoms. The van der Waals surface area contributed by atoms with Gasteiger partial charge in [-0.25, -0.2) is 9.97 Å². The monoisotopic (exact) mass is 341 g/mol. The van der Waals surface area contributed by atoms with Crippen LogP contribution < -0.4 is 10.1 Å². The highest BCUT2D eigenvalue weighted by atomic mass is 79.9. The summed E-state index contributed by atoms with van der Waals surface area (Å²) >= 11 is 9.57. The van der Waals surface area contributed by atoms with E-state index in [1.807, 2.05) is 20.0 Å². The van der Waals surface area contributed by atoms with Crippen molar-refractivity contribution in [2.24, 2.45) is 0 Å². The SMILES string of the molecule is CNc1nc(-c2ccc(OC)c(Cl)c2)nc(C)c1Br. The first-order valence-electron chi connectivity index (χ1n) is 5.62. The molecule has 0 spiro atoms. The van der Waals surface area contributed by atoms with E-state index in [1.165, 1.54) is 0 Å². The lowest BCUT2D eigenvalue weighted by molar-refractivity contribution is 0.415. The molecule has 0 bridgehead atoms. The highest BCUT2D eigenvalue weighted by Gasteiger charge is 2.11. The van der Waals surface area contributed by atoms with E-state index in [0.29, 0.717) is 16.6 Å². The van der Waals surface area contributed by atoms with Crippen LogP contribution in [0.3, 0.4) is 0 Å². The van der Waals surface area contributed by atoms with Crippen molar-refractivity contribution < 1.29 is 4.74 Å². The molecule has 2 aromatic rings. The summed E-state index contributed by atoms with van der Waals surface area (Å²) in [5.41, 5.74) is 1.71. The molecular weight excluding hydrogens is 330 g/mol. The highest BCUT2D eigenvalue weighted by Crippen LogP contribution is 2.31. The molecule has 0 fully saturated rings. The van der Waals surface area contributed by atoms with Crippen LogP contribution in [-0.2, 0) is 0 Å². The van der Waals surface area contributed by atoms with Crippen molar-refractivity contribution in [3.63, 3.8) is 0 Å². The van der Waals surface area contributed by atoms with Gasteiger partial charge in [-0.2, -0.15) is 0 Å². The molecule has 6 heteroatoms. The fourth-order valence-electron chi connectivity index (χ4n) is 1.66. The van der Waals surface area contributed by atoms with Crippen molar-refractivity contribution in [2.75, 3.05) is 19.5 Å². The molecule has 0 aliphatic heterocycles. The zero-order valence-corrected chi connectivity index (χ0v) is 13.1. The van der Waals surface area contributed by atoms with Crippen molar-refractivity contribution in [3.05, 3.63) is 33.4 Å². The predicted octanol–water partition coefficient (Wildman–Crippen LogP) is 3.92. The first kappa shape index (κ1) is 14.1. The topological polar surface area (TPSA) is 47.0 Å². The largest absolute Gasteiger partial charge is 0.495 e. The molecule has 0 atom stereocenters. The molecule has 0 radical (unpaired) electrons. The van der Waals surface area contributed by atoms with Gasteiger partial charge in [-0.1, -0.05) is 11.6 Å². The molecule has 0 aliphatic rings. The molecular formula is C13H13BrClN3O. The van der Waals surface area contributed by atoms with E-state index < -0.39 is 0 Å². The van der Waals surface area contributed by atoms with Crippen LogP contribution in [0.2, 0.25) is 5.02 Å². The third kappa shape index (κ3) is 2.82. The van der Waals surface area contributed by atoms with E-state index in [9.17, 15) is 0 Å². The summed E-state index contributed by atoms with van der Waals surface area (Å²) < 4.78 is 5.99. The summed E-state index contributed by atoms with van der Waals surface area (Å²) in [4.78, 5) is 8.90. The van der Waals surface area contributed by atoms with Gasteiger partial charge in [-0.05, 0) is 41.1 Å². The lowest BCUT2D eigenvalue weighted by Crippen LogP contribution is -2.00. The Morgan fingerprint density at radius 3 is 2.63 bits per heavy atom. The van der Waals surface area contributed by atoms with Crippen LogP contribution in [0.1, 0.15) is 5.69 Å². The van der Waals surface area contributed by atoms with Crippen LogP contribution in [0.5, 0.6) is 5.75 Å². The van der Waals surface area contributed by atoms with Gasteiger partial charge in [0.15, 0.2) is 5.82 Å². The minimum absolute atomic E-state index is 0.537. The molecule has 100 valence electrons. The standard InChI is InChI=1S/C13H13BrClN3O/c1-7-11(14)13(16-2)18-12(17-7)8-4-5-10(19-3)9(15)6-8/h4-6H,1-3H3,(H,16,17,18). The van der Waals surface area contributed by atoms with Gasteiger partial charge in [-0.15, -0.1) is 0 Å². The third-order valence-electron chi connectivity index (χ3n) is 2.66. The summed E-state index contributed by atoms with van der Waals surface area (Å²) in [6, 6.07) is 5.48. The first-order valence-corrected chi connectivity index (χ1v) is 6.79. The Hall–Kier alpha value is -1.33. The van der Waals surface area contributed by atoms with Gasteiger partial charge >= 0.3 is 0 Å². The number of aromatic nitrogens is 2. The summed E-state index contributed by atoms with van der Waals surface area (Å²) in [7, 11) is 3.40. The molecule has 1 heterocycles. The number of anilines is 1. The Morgan fingerprint density at radius 1 is 1.32 bits per heavy atom. The van der Waals surface area contributed by atoms with Crippen LogP contribution >= 0.6 is 27.5 Å². The van der Waals surface area contributed by atoms with E-state index in [-0.39, 0.29) is 0 Å². The van der Waals surface area contributed by atoms with E-state index >= 15 is 0 Å². The summed E-state index contributed by atoms with van der Waals surface area (Å²) in [5, 5.41) is 3.56. The maximum atomic E-state index is 6.12. The van der Waals surface area contributed by atoms with Crippen molar-refractivity contribution >= 4 is 33.3 Å². The molecule has 0 saturated carbocycles. The Labute approximate surface area is 125 Å². The second-order valence-corrected chi connectivity index (χ2v) is 5.09. The van der Waals surface area contributed by atoms with Crippen molar-refractivity contribution in [3.8, 4) is 17.1 Å². The molecule has 0 aliphatic carbocycles. The molecule has 1 aromatic carbocycles. The smallest absolute Gasteiger partial charge is 0.161 e. The van der Waals surface area contributed by atoms with Crippen LogP contribution in [0.25, 0.3) is 11.4 Å². The second-order valence-electron chi connectivity index (χ2n) is 3.89. The molecule has 0 saturated heterocycles. The fraction of sp³-hybridized carbons (Fsp3) is 0.231. The maximum Gasteiger partial charge on any atom is 0.161 e. The minimum Gasteiger partial charge on any atom is -0.495 e. The van der Waals surface area contributed by atoms with Gasteiger partial charge in [0.25, 0.3) is 0 Å². The molecule has 0 unspecified atom stereocenters. The Morgan fingerprint density at radius 2 is 2.05 bits per heavy atom. The number of nitrogens with one attached hydrogen (secondary N) is 1. The normalized spacial score (nSPS) is 10.4. The van der Waals surface area contributed by atoms with Gasteiger partial charge in [0.1, 0.15) is 11.6 Å². The number of rotatable bonds is 3. The molecule has 1 N–H and O–H groups in total. The summed E-state index contributed by atoms with van der Waals surface area (Å²) in [6.07, 6.45) is 0. The maximum absolute atomic E-state index is 6.12. The van der Waals surface area contributed by atoms with E-state index in [0.717, 1.165) is 21.5 Å². The minimum atomic E-state index is 0.537. The fourth-order valence-corrected chi connectivity index (χ4v) is 2.29. The highest BCUT2D eigenvalue weighted by molar-refractivity contribution is 9.10. The number of hydrogen-bond donors (Lipinski definition) is 1. The summed E-state index contributed by atoms with van der Waals surface area (Å²) in [5.74, 6) is 2.00. The quantitative estimate of drug-likeness (QED) is 0.918. The molecule has 4 nitrogen and oxygen atoms in total. The Balaban J connectivity index is 2.53. The van der Waals surface area contributed by atoms with Gasteiger partial charge in [0, 0.05) is 12.6 Å². The predicted molar refractivity (Wildman–Crippen MR) is 81.0 cm³/mol. The molecule has 0 amide bonds. The van der Waals surface area contributed by atoms with Crippen LogP contribution in [-0.4, -0.2) is 24.1 Å².